The van der Waals surface area contributed by atoms with Gasteiger partial charge in [0, 0.05) is 5.69 Å². The zero-order chi connectivity index (χ0) is 13.1. The molecule has 0 amide bonds. The maximum Gasteiger partial charge on any atom is 0.118 e. The van der Waals surface area contributed by atoms with Crippen LogP contribution in [0.4, 0.5) is 5.69 Å². The van der Waals surface area contributed by atoms with Crippen molar-refractivity contribution >= 4 is 69.9 Å². The molecule has 2 aliphatic heterocycles. The number of anilines is 1. The molecule has 0 spiro atoms. The van der Waals surface area contributed by atoms with Crippen molar-refractivity contribution in [3.63, 3.8) is 0 Å². The van der Waals surface area contributed by atoms with E-state index in [2.05, 4.69) is 21.5 Å². The Balaban J connectivity index is 1.65. The van der Waals surface area contributed by atoms with Gasteiger partial charge in [-0.2, -0.15) is 0 Å². The van der Waals surface area contributed by atoms with E-state index in [1.54, 1.807) is 47.0 Å². The van der Waals surface area contributed by atoms with Crippen molar-refractivity contribution in [2.24, 2.45) is 0 Å². The quantitative estimate of drug-likeness (QED) is 0.676. The molecular formula is C13H9NS5. The Kier molecular flexibility index (Phi) is 4.65. The van der Waals surface area contributed by atoms with Gasteiger partial charge in [-0.3, -0.25) is 0 Å². The number of hydrogen-bond donors (Lipinski definition) is 1. The second kappa shape index (κ2) is 6.45. The Morgan fingerprint density at radius 2 is 1.68 bits per heavy atom. The standard InChI is InChI=1S/C13H9NS5/c15-11(14-9-4-2-1-3-5-9)10-8-18-13(19-10)12-16-6-7-17-12/h1-8H,(H,14,15). The van der Waals surface area contributed by atoms with Crippen molar-refractivity contribution in [1.29, 1.82) is 0 Å². The number of nitrogens with one attached hydrogen (secondary N) is 1. The summed E-state index contributed by atoms with van der Waals surface area (Å²) in [6.45, 7) is 0. The Bertz CT molecular complexity index is 578. The maximum absolute atomic E-state index is 5.46. The van der Waals surface area contributed by atoms with Crippen LogP contribution in [0, 0.1) is 0 Å². The van der Waals surface area contributed by atoms with E-state index in [4.69, 9.17) is 12.2 Å². The molecule has 0 saturated carbocycles. The SMILES string of the molecule is S=C(Nc1ccccc1)C1=CSC(=C2SC=CS2)S1. The molecule has 0 fully saturated rings. The summed E-state index contributed by atoms with van der Waals surface area (Å²) in [6.07, 6.45) is 0. The zero-order valence-electron chi connectivity index (χ0n) is 9.66. The number of para-hydroxylation sites is 1. The molecule has 1 aromatic rings. The predicted molar refractivity (Wildman–Crippen MR) is 97.3 cm³/mol. The number of thiocarbonyl (C=S) groups is 1. The first kappa shape index (κ1) is 13.7. The third-order valence-corrected chi connectivity index (χ3v) is 7.79. The zero-order valence-corrected chi connectivity index (χ0v) is 13.7. The first-order chi connectivity index (χ1) is 9.33. The lowest BCUT2D eigenvalue weighted by Crippen LogP contribution is -2.08. The van der Waals surface area contributed by atoms with Crippen LogP contribution in [0.2, 0.25) is 0 Å². The molecule has 0 bridgehead atoms. The van der Waals surface area contributed by atoms with Gasteiger partial charge in [0.05, 0.1) is 13.4 Å². The molecule has 96 valence electrons. The Morgan fingerprint density at radius 3 is 2.42 bits per heavy atom. The monoisotopic (exact) mass is 339 g/mol. The van der Waals surface area contributed by atoms with E-state index in [9.17, 15) is 0 Å². The molecule has 1 nitrogen and oxygen atoms in total. The molecule has 0 saturated heterocycles. The average molecular weight is 340 g/mol. The smallest absolute Gasteiger partial charge is 0.118 e. The number of rotatable bonds is 2. The predicted octanol–water partition coefficient (Wildman–Crippen LogP) is 5.83. The third-order valence-electron chi connectivity index (χ3n) is 2.30. The minimum atomic E-state index is 0.792. The van der Waals surface area contributed by atoms with Crippen LogP contribution in [0.25, 0.3) is 0 Å². The Morgan fingerprint density at radius 1 is 0.947 bits per heavy atom. The minimum Gasteiger partial charge on any atom is -0.346 e. The van der Waals surface area contributed by atoms with Gasteiger partial charge < -0.3 is 5.32 Å². The molecule has 1 N–H and O–H groups in total. The molecule has 2 aliphatic rings. The van der Waals surface area contributed by atoms with E-state index in [0.29, 0.717) is 0 Å². The molecule has 0 unspecified atom stereocenters. The molecule has 0 aliphatic carbocycles. The Labute approximate surface area is 134 Å². The third kappa shape index (κ3) is 3.44. The highest BCUT2D eigenvalue weighted by molar-refractivity contribution is 8.33. The lowest BCUT2D eigenvalue weighted by molar-refractivity contribution is 1.65. The summed E-state index contributed by atoms with van der Waals surface area (Å²) in [5, 5.41) is 9.64. The van der Waals surface area contributed by atoms with E-state index in [1.807, 2.05) is 30.3 Å². The van der Waals surface area contributed by atoms with Crippen LogP contribution in [0.3, 0.4) is 0 Å². The van der Waals surface area contributed by atoms with Gasteiger partial charge >= 0.3 is 0 Å². The minimum absolute atomic E-state index is 0.792. The molecular weight excluding hydrogens is 330 g/mol. The normalized spacial score (nSPS) is 17.8. The first-order valence-electron chi connectivity index (χ1n) is 5.46. The van der Waals surface area contributed by atoms with E-state index in [1.165, 1.54) is 8.47 Å². The topological polar surface area (TPSA) is 12.0 Å². The Hall–Kier alpha value is -0.270. The van der Waals surface area contributed by atoms with E-state index < -0.39 is 0 Å². The molecule has 0 atom stereocenters. The van der Waals surface area contributed by atoms with E-state index >= 15 is 0 Å². The molecule has 1 aromatic carbocycles. The molecule has 3 rings (SSSR count). The van der Waals surface area contributed by atoms with Crippen LogP contribution >= 0.6 is 59.3 Å². The van der Waals surface area contributed by atoms with E-state index in [-0.39, 0.29) is 0 Å². The summed E-state index contributed by atoms with van der Waals surface area (Å²) in [4.78, 5) is 1.92. The van der Waals surface area contributed by atoms with Gasteiger partial charge in [-0.25, -0.2) is 0 Å². The van der Waals surface area contributed by atoms with Gasteiger partial charge in [-0.15, -0.1) is 0 Å². The average Bonchev–Trinajstić information content (AvgIpc) is 3.11. The fourth-order valence-corrected chi connectivity index (χ4v) is 6.19. The lowest BCUT2D eigenvalue weighted by Gasteiger charge is -2.08. The summed E-state index contributed by atoms with van der Waals surface area (Å²) in [5.41, 5.74) is 1.03. The van der Waals surface area contributed by atoms with Crippen LogP contribution in [-0.4, -0.2) is 4.99 Å². The van der Waals surface area contributed by atoms with Crippen LogP contribution in [0.5, 0.6) is 0 Å². The van der Waals surface area contributed by atoms with Gasteiger partial charge in [0.1, 0.15) is 4.99 Å². The van der Waals surface area contributed by atoms with Crippen molar-refractivity contribution in [2.45, 2.75) is 0 Å². The fourth-order valence-electron chi connectivity index (χ4n) is 1.46. The summed E-state index contributed by atoms with van der Waals surface area (Å²) in [7, 11) is 0. The van der Waals surface area contributed by atoms with Crippen LogP contribution in [0.1, 0.15) is 0 Å². The molecule has 6 heteroatoms. The van der Waals surface area contributed by atoms with Crippen LogP contribution in [-0.2, 0) is 0 Å². The number of hydrogen-bond acceptors (Lipinski definition) is 5. The van der Waals surface area contributed by atoms with Gasteiger partial charge in [0.15, 0.2) is 0 Å². The molecule has 0 radical (unpaired) electrons. The molecule has 0 aromatic heterocycles. The first-order valence-corrected chi connectivity index (χ1v) is 9.33. The largest absolute Gasteiger partial charge is 0.346 e. The summed E-state index contributed by atoms with van der Waals surface area (Å²) >= 11 is 12.5. The van der Waals surface area contributed by atoms with E-state index in [0.717, 1.165) is 15.6 Å². The summed E-state index contributed by atoms with van der Waals surface area (Å²) in [5.74, 6) is 0. The van der Waals surface area contributed by atoms with Crippen molar-refractivity contribution < 1.29 is 0 Å². The highest BCUT2D eigenvalue weighted by Crippen LogP contribution is 2.53. The number of thioether (sulfide) groups is 4. The molecule has 19 heavy (non-hydrogen) atoms. The highest BCUT2D eigenvalue weighted by Gasteiger charge is 2.21. The second-order valence-corrected chi connectivity index (χ2v) is 8.29. The maximum atomic E-state index is 5.46. The van der Waals surface area contributed by atoms with Crippen LogP contribution in [0.15, 0.2) is 59.9 Å². The summed E-state index contributed by atoms with van der Waals surface area (Å²) in [6, 6.07) is 10.0. The van der Waals surface area contributed by atoms with Gasteiger partial charge in [0.25, 0.3) is 0 Å². The number of benzene rings is 1. The lowest BCUT2D eigenvalue weighted by atomic mass is 10.3. The van der Waals surface area contributed by atoms with Crippen LogP contribution < -0.4 is 5.32 Å². The van der Waals surface area contributed by atoms with Crippen molar-refractivity contribution in [3.8, 4) is 0 Å². The fraction of sp³-hybridized carbons (Fsp3) is 0. The molecule has 2 heterocycles. The second-order valence-electron chi connectivity index (χ2n) is 3.60. The van der Waals surface area contributed by atoms with Gasteiger partial charge in [-0.05, 0) is 28.4 Å². The van der Waals surface area contributed by atoms with Gasteiger partial charge in [0.2, 0.25) is 0 Å². The van der Waals surface area contributed by atoms with Gasteiger partial charge in [-0.1, -0.05) is 77.5 Å². The van der Waals surface area contributed by atoms with Crippen molar-refractivity contribution in [1.82, 2.24) is 0 Å². The summed E-state index contributed by atoms with van der Waals surface area (Å²) < 4.78 is 2.68. The van der Waals surface area contributed by atoms with Crippen molar-refractivity contribution in [2.75, 3.05) is 5.32 Å². The highest BCUT2D eigenvalue weighted by atomic mass is 32.2. The van der Waals surface area contributed by atoms with Crippen molar-refractivity contribution in [3.05, 3.63) is 59.9 Å².